The summed E-state index contributed by atoms with van der Waals surface area (Å²) in [5, 5.41) is 15.6. The molecule has 37 heavy (non-hydrogen) atoms. The normalized spacial score (nSPS) is 15.6. The van der Waals surface area contributed by atoms with Crippen LogP contribution in [0.15, 0.2) is 76.8 Å². The third kappa shape index (κ3) is 4.98. The largest absolute Gasteiger partial charge is 0.388 e. The predicted molar refractivity (Wildman–Crippen MR) is 137 cm³/mol. The van der Waals surface area contributed by atoms with Crippen LogP contribution >= 0.6 is 0 Å². The van der Waals surface area contributed by atoms with Gasteiger partial charge >= 0.3 is 0 Å². The van der Waals surface area contributed by atoms with E-state index in [0.29, 0.717) is 35.4 Å². The number of benzene rings is 2. The Morgan fingerprint density at radius 3 is 2.43 bits per heavy atom. The summed E-state index contributed by atoms with van der Waals surface area (Å²) < 4.78 is 30.7. The van der Waals surface area contributed by atoms with Crippen molar-refractivity contribution in [1.82, 2.24) is 24.2 Å². The van der Waals surface area contributed by atoms with Crippen LogP contribution < -0.4 is 10.3 Å². The van der Waals surface area contributed by atoms with Crippen LogP contribution in [0.5, 0.6) is 0 Å². The van der Waals surface area contributed by atoms with Crippen LogP contribution in [0.4, 0.5) is 5.69 Å². The number of hydrogen-bond acceptors (Lipinski definition) is 7. The average Bonchev–Trinajstić information content (AvgIpc) is 3.27. The van der Waals surface area contributed by atoms with Crippen molar-refractivity contribution in [2.45, 2.75) is 29.9 Å². The van der Waals surface area contributed by atoms with E-state index in [1.54, 1.807) is 42.3 Å². The summed E-state index contributed by atoms with van der Waals surface area (Å²) in [5.41, 5.74) is -0.169. The van der Waals surface area contributed by atoms with Crippen LogP contribution in [-0.4, -0.2) is 62.4 Å². The monoisotopic (exact) mass is 522 g/mol. The number of anilines is 1. The molecule has 1 aliphatic heterocycles. The Balaban J connectivity index is 1.23. The molecule has 12 heteroatoms. The van der Waals surface area contributed by atoms with E-state index in [9.17, 15) is 23.1 Å². The molecular formula is C25H26N6O5S. The first kappa shape index (κ1) is 24.7. The molecular weight excluding hydrogens is 496 g/mol. The number of aryl methyl sites for hydroxylation is 1. The van der Waals surface area contributed by atoms with Gasteiger partial charge in [0, 0.05) is 31.4 Å². The Hall–Kier alpha value is -4.03. The van der Waals surface area contributed by atoms with Gasteiger partial charge in [-0.15, -0.1) is 0 Å². The van der Waals surface area contributed by atoms with Crippen molar-refractivity contribution in [1.29, 1.82) is 0 Å². The highest BCUT2D eigenvalue weighted by molar-refractivity contribution is 7.92. The molecule has 1 saturated heterocycles. The summed E-state index contributed by atoms with van der Waals surface area (Å²) in [4.78, 5) is 31.7. The van der Waals surface area contributed by atoms with Crippen molar-refractivity contribution in [3.8, 4) is 0 Å². The van der Waals surface area contributed by atoms with Crippen LogP contribution in [0.1, 0.15) is 23.2 Å². The van der Waals surface area contributed by atoms with Crippen molar-refractivity contribution in [2.75, 3.05) is 17.8 Å². The zero-order valence-corrected chi connectivity index (χ0v) is 20.9. The number of likely N-dealkylation sites (tertiary alicyclic amines) is 1. The van der Waals surface area contributed by atoms with Gasteiger partial charge in [-0.2, -0.15) is 5.10 Å². The maximum Gasteiger partial charge on any atom is 0.264 e. The van der Waals surface area contributed by atoms with Gasteiger partial charge < -0.3 is 10.0 Å². The standard InChI is InChI=1S/C25H26N6O5S/c1-29-22-21(15-27-29)24(33)31(17-26-22)16-25(34)11-13-30(14-12-25)23(32)18-7-9-20(10-8-18)37(35,36)28-19-5-3-2-4-6-19/h2-10,15,17,28,34H,11-14,16H2,1H3. The van der Waals surface area contributed by atoms with Crippen molar-refractivity contribution in [3.05, 3.63) is 83.0 Å². The molecule has 0 bridgehead atoms. The Bertz CT molecular complexity index is 1610. The Kier molecular flexibility index (Phi) is 6.30. The lowest BCUT2D eigenvalue weighted by Crippen LogP contribution is -2.49. The summed E-state index contributed by atoms with van der Waals surface area (Å²) in [6, 6.07) is 14.3. The first-order chi connectivity index (χ1) is 17.7. The lowest BCUT2D eigenvalue weighted by Gasteiger charge is -2.38. The van der Waals surface area contributed by atoms with Crippen LogP contribution in [0.25, 0.3) is 11.0 Å². The number of aliphatic hydroxyl groups is 1. The van der Waals surface area contributed by atoms with Gasteiger partial charge in [-0.1, -0.05) is 18.2 Å². The number of aromatic nitrogens is 4. The highest BCUT2D eigenvalue weighted by atomic mass is 32.2. The van der Waals surface area contributed by atoms with Crippen molar-refractivity contribution < 1.29 is 18.3 Å². The maximum absolute atomic E-state index is 13.0. The average molecular weight is 523 g/mol. The molecule has 1 aliphatic rings. The van der Waals surface area contributed by atoms with Crippen molar-refractivity contribution in [2.24, 2.45) is 7.05 Å². The molecule has 4 aromatic rings. The van der Waals surface area contributed by atoms with Crippen molar-refractivity contribution >= 4 is 32.7 Å². The topological polar surface area (TPSA) is 139 Å². The second-order valence-corrected chi connectivity index (χ2v) is 10.9. The molecule has 2 N–H and O–H groups in total. The summed E-state index contributed by atoms with van der Waals surface area (Å²) in [7, 11) is -2.09. The number of nitrogens with one attached hydrogen (secondary N) is 1. The number of carbonyl (C=O) groups excluding carboxylic acids is 1. The van der Waals surface area contributed by atoms with Gasteiger partial charge in [-0.05, 0) is 49.2 Å². The molecule has 5 rings (SSSR count). The molecule has 0 aliphatic carbocycles. The lowest BCUT2D eigenvalue weighted by molar-refractivity contribution is -0.0299. The number of sulfonamides is 1. The quantitative estimate of drug-likeness (QED) is 0.392. The highest BCUT2D eigenvalue weighted by Crippen LogP contribution is 2.25. The predicted octanol–water partition coefficient (Wildman–Crippen LogP) is 1.60. The Labute approximate surface area is 213 Å². The minimum atomic E-state index is -3.79. The van der Waals surface area contributed by atoms with Gasteiger partial charge in [0.05, 0.1) is 23.2 Å². The van der Waals surface area contributed by atoms with E-state index >= 15 is 0 Å². The molecule has 0 unspecified atom stereocenters. The van der Waals surface area contributed by atoms with E-state index in [-0.39, 0.29) is 35.7 Å². The zero-order valence-electron chi connectivity index (χ0n) is 20.1. The number of para-hydroxylation sites is 1. The van der Waals surface area contributed by atoms with E-state index < -0.39 is 15.6 Å². The van der Waals surface area contributed by atoms with Crippen LogP contribution in [0, 0.1) is 0 Å². The lowest BCUT2D eigenvalue weighted by atomic mass is 9.91. The number of fused-ring (bicyclic) bond motifs is 1. The van der Waals surface area contributed by atoms with E-state index in [0.717, 1.165) is 0 Å². The minimum absolute atomic E-state index is 0.0468. The number of nitrogens with zero attached hydrogens (tertiary/aromatic N) is 5. The fourth-order valence-electron chi connectivity index (χ4n) is 4.46. The van der Waals surface area contributed by atoms with Crippen LogP contribution in [0.2, 0.25) is 0 Å². The Morgan fingerprint density at radius 2 is 1.76 bits per heavy atom. The van der Waals surface area contributed by atoms with E-state index in [2.05, 4.69) is 14.8 Å². The summed E-state index contributed by atoms with van der Waals surface area (Å²) in [6.07, 6.45) is 3.43. The highest BCUT2D eigenvalue weighted by Gasteiger charge is 2.35. The molecule has 0 atom stereocenters. The molecule has 192 valence electrons. The molecule has 0 saturated carbocycles. The number of piperidine rings is 1. The number of hydrogen-bond donors (Lipinski definition) is 2. The second kappa shape index (κ2) is 9.45. The number of carbonyl (C=O) groups is 1. The fourth-order valence-corrected chi connectivity index (χ4v) is 5.52. The van der Waals surface area contributed by atoms with Crippen LogP contribution in [-0.2, 0) is 23.6 Å². The maximum atomic E-state index is 13.0. The number of amides is 1. The van der Waals surface area contributed by atoms with Gasteiger partial charge in [0.25, 0.3) is 21.5 Å². The van der Waals surface area contributed by atoms with E-state index in [4.69, 9.17) is 0 Å². The zero-order chi connectivity index (χ0) is 26.2. The molecule has 2 aromatic carbocycles. The molecule has 1 fully saturated rings. The first-order valence-electron chi connectivity index (χ1n) is 11.7. The summed E-state index contributed by atoms with van der Waals surface area (Å²) in [6.45, 7) is 0.650. The molecule has 0 radical (unpaired) electrons. The molecule has 2 aromatic heterocycles. The summed E-state index contributed by atoms with van der Waals surface area (Å²) in [5.74, 6) is -0.252. The van der Waals surface area contributed by atoms with E-state index in [1.807, 2.05) is 0 Å². The SMILES string of the molecule is Cn1ncc2c(=O)n(CC3(O)CCN(C(=O)c4ccc(S(=O)(=O)Nc5ccccc5)cc4)CC3)cnc21. The van der Waals surface area contributed by atoms with Gasteiger partial charge in [0.15, 0.2) is 5.65 Å². The van der Waals surface area contributed by atoms with Crippen LogP contribution in [0.3, 0.4) is 0 Å². The number of rotatable bonds is 6. The first-order valence-corrected chi connectivity index (χ1v) is 13.2. The minimum Gasteiger partial charge on any atom is -0.388 e. The van der Waals surface area contributed by atoms with Crippen molar-refractivity contribution in [3.63, 3.8) is 0 Å². The van der Waals surface area contributed by atoms with E-state index in [1.165, 1.54) is 46.0 Å². The summed E-state index contributed by atoms with van der Waals surface area (Å²) >= 11 is 0. The third-order valence-corrected chi connectivity index (χ3v) is 8.00. The third-order valence-electron chi connectivity index (χ3n) is 6.60. The molecule has 3 heterocycles. The smallest absolute Gasteiger partial charge is 0.264 e. The Morgan fingerprint density at radius 1 is 1.08 bits per heavy atom. The second-order valence-electron chi connectivity index (χ2n) is 9.20. The molecule has 1 amide bonds. The molecule has 0 spiro atoms. The molecule has 11 nitrogen and oxygen atoms in total. The van der Waals surface area contributed by atoms with Gasteiger partial charge in [0.2, 0.25) is 0 Å². The van der Waals surface area contributed by atoms with Gasteiger partial charge in [0.1, 0.15) is 11.7 Å². The van der Waals surface area contributed by atoms with Gasteiger partial charge in [-0.25, -0.2) is 13.4 Å². The fraction of sp³-hybridized carbons (Fsp3) is 0.280. The van der Waals surface area contributed by atoms with Gasteiger partial charge in [-0.3, -0.25) is 23.6 Å².